The largest absolute Gasteiger partial charge is 0.485 e. The zero-order chi connectivity index (χ0) is 24.8. The van der Waals surface area contributed by atoms with Crippen molar-refractivity contribution >= 4 is 27.6 Å². The average molecular weight is 495 g/mol. The highest BCUT2D eigenvalue weighted by Gasteiger charge is 2.16. The van der Waals surface area contributed by atoms with E-state index in [0.29, 0.717) is 28.6 Å². The maximum Gasteiger partial charge on any atom is 0.264 e. The van der Waals surface area contributed by atoms with E-state index >= 15 is 0 Å². The van der Waals surface area contributed by atoms with Crippen LogP contribution in [0.25, 0.3) is 0 Å². The Bertz CT molecular complexity index is 1400. The summed E-state index contributed by atoms with van der Waals surface area (Å²) in [6.07, 6.45) is 0. The highest BCUT2D eigenvalue weighted by atomic mass is 32.2. The van der Waals surface area contributed by atoms with E-state index in [4.69, 9.17) is 4.74 Å². The Labute approximate surface area is 201 Å². The number of amides is 1. The summed E-state index contributed by atoms with van der Waals surface area (Å²) in [4.78, 5) is 21.7. The molecule has 1 amide bonds. The number of aromatic nitrogens is 6. The molecule has 0 bridgehead atoms. The number of rotatable bonds is 9. The molecule has 4 aromatic rings. The molecule has 0 aliphatic heterocycles. The lowest BCUT2D eigenvalue weighted by molar-refractivity contribution is -0.117. The molecule has 0 radical (unpaired) electrons. The van der Waals surface area contributed by atoms with Crippen LogP contribution in [0.4, 0.5) is 11.6 Å². The lowest BCUT2D eigenvalue weighted by atomic mass is 10.3. The van der Waals surface area contributed by atoms with Crippen molar-refractivity contribution in [2.24, 2.45) is 0 Å². The van der Waals surface area contributed by atoms with Crippen LogP contribution in [0.15, 0.2) is 65.6 Å². The van der Waals surface area contributed by atoms with Gasteiger partial charge in [0.05, 0.1) is 4.90 Å². The number of carbonyl (C=O) groups excluding carboxylic acids is 1. The molecule has 0 spiro atoms. The van der Waals surface area contributed by atoms with Crippen LogP contribution in [-0.4, -0.2) is 44.5 Å². The summed E-state index contributed by atoms with van der Waals surface area (Å²) in [6, 6.07) is 16.6. The summed E-state index contributed by atoms with van der Waals surface area (Å²) in [5.74, 6) is 0.587. The van der Waals surface area contributed by atoms with Crippen molar-refractivity contribution in [2.45, 2.75) is 31.9 Å². The number of sulfonamides is 1. The summed E-state index contributed by atoms with van der Waals surface area (Å²) in [5, 5.41) is 14.5. The molecule has 0 saturated carbocycles. The quantitative estimate of drug-likeness (QED) is 0.356. The molecule has 0 aliphatic carbocycles. The number of aryl methyl sites for hydroxylation is 2. The molecule has 2 heterocycles. The molecular formula is C22H22N8O4S. The molecule has 13 heteroatoms. The predicted molar refractivity (Wildman–Crippen MR) is 126 cm³/mol. The summed E-state index contributed by atoms with van der Waals surface area (Å²) >= 11 is 0. The second-order valence-corrected chi connectivity index (χ2v) is 9.17. The molecule has 2 aromatic carbocycles. The van der Waals surface area contributed by atoms with E-state index in [0.717, 1.165) is 4.80 Å². The minimum atomic E-state index is -3.90. The first-order valence-electron chi connectivity index (χ1n) is 10.5. The van der Waals surface area contributed by atoms with E-state index in [1.165, 1.54) is 24.3 Å². The van der Waals surface area contributed by atoms with E-state index in [9.17, 15) is 13.2 Å². The van der Waals surface area contributed by atoms with Crippen molar-refractivity contribution in [1.29, 1.82) is 0 Å². The maximum absolute atomic E-state index is 12.6. The van der Waals surface area contributed by atoms with Crippen LogP contribution in [0, 0.1) is 13.8 Å². The lowest BCUT2D eigenvalue weighted by Crippen LogP contribution is -2.20. The van der Waals surface area contributed by atoms with Crippen molar-refractivity contribution in [3.8, 4) is 5.75 Å². The first-order valence-corrected chi connectivity index (χ1v) is 11.9. The number of nitrogens with zero attached hydrogens (tertiary/aromatic N) is 6. The Morgan fingerprint density at radius 3 is 2.37 bits per heavy atom. The molecule has 0 fully saturated rings. The fourth-order valence-electron chi connectivity index (χ4n) is 3.06. The molecular weight excluding hydrogens is 472 g/mol. The Morgan fingerprint density at radius 1 is 1.00 bits per heavy atom. The Morgan fingerprint density at radius 2 is 1.69 bits per heavy atom. The smallest absolute Gasteiger partial charge is 0.264 e. The second-order valence-electron chi connectivity index (χ2n) is 7.49. The van der Waals surface area contributed by atoms with Crippen LogP contribution in [0.3, 0.4) is 0 Å². The van der Waals surface area contributed by atoms with Crippen LogP contribution in [0.2, 0.25) is 0 Å². The van der Waals surface area contributed by atoms with Crippen molar-refractivity contribution in [3.63, 3.8) is 0 Å². The van der Waals surface area contributed by atoms with Gasteiger partial charge >= 0.3 is 0 Å². The van der Waals surface area contributed by atoms with E-state index in [1.54, 1.807) is 19.9 Å². The molecule has 35 heavy (non-hydrogen) atoms. The molecule has 2 aromatic heterocycles. The third kappa shape index (κ3) is 6.57. The fourth-order valence-corrected chi connectivity index (χ4v) is 4.01. The van der Waals surface area contributed by atoms with Gasteiger partial charge in [0, 0.05) is 17.1 Å². The van der Waals surface area contributed by atoms with E-state index < -0.39 is 15.9 Å². The average Bonchev–Trinajstić information content (AvgIpc) is 3.25. The van der Waals surface area contributed by atoms with Gasteiger partial charge in [-0.25, -0.2) is 23.1 Å². The van der Waals surface area contributed by atoms with Crippen molar-refractivity contribution in [1.82, 2.24) is 30.2 Å². The van der Waals surface area contributed by atoms with Crippen molar-refractivity contribution in [2.75, 3.05) is 10.0 Å². The summed E-state index contributed by atoms with van der Waals surface area (Å²) in [6.45, 7) is 3.43. The number of nitrogens with one attached hydrogen (secondary N) is 2. The molecule has 0 unspecified atom stereocenters. The lowest BCUT2D eigenvalue weighted by Gasteiger charge is -2.09. The van der Waals surface area contributed by atoms with Gasteiger partial charge < -0.3 is 10.1 Å². The summed E-state index contributed by atoms with van der Waals surface area (Å²) < 4.78 is 33.2. The van der Waals surface area contributed by atoms with Gasteiger partial charge in [0.2, 0.25) is 17.7 Å². The van der Waals surface area contributed by atoms with Crippen molar-refractivity contribution < 1.29 is 17.9 Å². The van der Waals surface area contributed by atoms with Crippen LogP contribution in [0.5, 0.6) is 5.75 Å². The number of hydrogen-bond donors (Lipinski definition) is 2. The predicted octanol–water partition coefficient (Wildman–Crippen LogP) is 2.10. The number of benzene rings is 2. The molecule has 180 valence electrons. The standard InChI is InChI=1S/C22H22N8O4S/c1-15-12-16(2)24-22(23-15)28-35(32,33)19-10-8-17(9-11-19)25-21(31)13-30-27-20(26-29-30)14-34-18-6-4-3-5-7-18/h3-12H,13-14H2,1-2H3,(H,25,31)(H,23,24,28). The van der Waals surface area contributed by atoms with Crippen LogP contribution in [-0.2, 0) is 28.0 Å². The number of hydrogen-bond acceptors (Lipinski definition) is 9. The molecule has 2 N–H and O–H groups in total. The van der Waals surface area contributed by atoms with Gasteiger partial charge in [0.1, 0.15) is 12.3 Å². The number of anilines is 2. The number of para-hydroxylation sites is 1. The topological polar surface area (TPSA) is 154 Å². The van der Waals surface area contributed by atoms with Crippen molar-refractivity contribution in [3.05, 3.63) is 77.9 Å². The zero-order valence-corrected chi connectivity index (χ0v) is 19.7. The monoisotopic (exact) mass is 494 g/mol. The highest BCUT2D eigenvalue weighted by Crippen LogP contribution is 2.17. The Hall–Kier alpha value is -4.39. The van der Waals surface area contributed by atoms with Gasteiger partial charge in [0.15, 0.2) is 6.61 Å². The summed E-state index contributed by atoms with van der Waals surface area (Å²) in [7, 11) is -3.90. The molecule has 0 aliphatic rings. The van der Waals surface area contributed by atoms with E-state index in [-0.39, 0.29) is 24.0 Å². The van der Waals surface area contributed by atoms with Gasteiger partial charge in [-0.1, -0.05) is 18.2 Å². The highest BCUT2D eigenvalue weighted by molar-refractivity contribution is 7.92. The minimum Gasteiger partial charge on any atom is -0.485 e. The third-order valence-corrected chi connectivity index (χ3v) is 5.89. The first-order chi connectivity index (χ1) is 16.8. The second kappa shape index (κ2) is 10.3. The summed E-state index contributed by atoms with van der Waals surface area (Å²) in [5.41, 5.74) is 1.70. The van der Waals surface area contributed by atoms with Gasteiger partial charge in [-0.15, -0.1) is 10.2 Å². The first kappa shape index (κ1) is 23.8. The fraction of sp³-hybridized carbons (Fsp3) is 0.182. The zero-order valence-electron chi connectivity index (χ0n) is 18.9. The van der Waals surface area contributed by atoms with Crippen LogP contribution < -0.4 is 14.8 Å². The molecule has 12 nitrogen and oxygen atoms in total. The minimum absolute atomic E-state index is 0.000686. The Balaban J connectivity index is 1.32. The number of tetrazole rings is 1. The number of ether oxygens (including phenoxy) is 1. The van der Waals surface area contributed by atoms with Crippen LogP contribution >= 0.6 is 0 Å². The molecule has 0 atom stereocenters. The van der Waals surface area contributed by atoms with E-state index in [1.807, 2.05) is 30.3 Å². The number of carbonyl (C=O) groups is 1. The van der Waals surface area contributed by atoms with Crippen LogP contribution in [0.1, 0.15) is 17.2 Å². The van der Waals surface area contributed by atoms with Gasteiger partial charge in [-0.2, -0.15) is 4.80 Å². The van der Waals surface area contributed by atoms with Gasteiger partial charge in [0.25, 0.3) is 10.0 Å². The molecule has 0 saturated heterocycles. The third-order valence-electron chi connectivity index (χ3n) is 4.55. The SMILES string of the molecule is Cc1cc(C)nc(NS(=O)(=O)c2ccc(NC(=O)Cn3nnc(COc4ccccc4)n3)cc2)n1. The van der Waals surface area contributed by atoms with E-state index in [2.05, 4.69) is 35.4 Å². The normalized spacial score (nSPS) is 11.1. The van der Waals surface area contributed by atoms with Gasteiger partial charge in [-0.05, 0) is 61.5 Å². The van der Waals surface area contributed by atoms with Gasteiger partial charge in [-0.3, -0.25) is 4.79 Å². The maximum atomic E-state index is 12.6. The Kier molecular flexibility index (Phi) is 6.96. The molecule has 4 rings (SSSR count).